The highest BCUT2D eigenvalue weighted by Gasteiger charge is 2.32. The van der Waals surface area contributed by atoms with Crippen LogP contribution in [-0.2, 0) is 22.6 Å². The zero-order valence-electron chi connectivity index (χ0n) is 19.2. The summed E-state index contributed by atoms with van der Waals surface area (Å²) in [5.41, 5.74) is 1.09. The van der Waals surface area contributed by atoms with Crippen molar-refractivity contribution in [3.63, 3.8) is 0 Å². The second-order valence-electron chi connectivity index (χ2n) is 9.11. The van der Waals surface area contributed by atoms with E-state index in [-0.39, 0.29) is 30.2 Å². The minimum Gasteiger partial charge on any atom is -0.508 e. The van der Waals surface area contributed by atoms with Gasteiger partial charge in [-0.25, -0.2) is 4.79 Å². The molecule has 0 aliphatic carbocycles. The number of hydrogen-bond donors (Lipinski definition) is 1. The van der Waals surface area contributed by atoms with Crippen LogP contribution < -0.4 is 4.74 Å². The Morgan fingerprint density at radius 2 is 1.81 bits per heavy atom. The summed E-state index contributed by atoms with van der Waals surface area (Å²) in [5.74, 6) is 0.583. The largest absolute Gasteiger partial charge is 0.508 e. The lowest BCUT2D eigenvalue weighted by molar-refractivity contribution is -0.134. The van der Waals surface area contributed by atoms with Crippen LogP contribution in [0.1, 0.15) is 38.8 Å². The van der Waals surface area contributed by atoms with Crippen molar-refractivity contribution in [1.29, 1.82) is 0 Å². The Labute approximate surface area is 189 Å². The first-order valence-electron chi connectivity index (χ1n) is 10.9. The van der Waals surface area contributed by atoms with Crippen LogP contribution >= 0.6 is 0 Å². The van der Waals surface area contributed by atoms with Gasteiger partial charge in [0.05, 0.1) is 6.42 Å². The maximum Gasteiger partial charge on any atom is 0.410 e. The molecule has 1 fully saturated rings. The lowest BCUT2D eigenvalue weighted by atomic mass is 10.1. The fourth-order valence-corrected chi connectivity index (χ4v) is 3.67. The van der Waals surface area contributed by atoms with E-state index in [1.165, 1.54) is 0 Å². The van der Waals surface area contributed by atoms with Crippen LogP contribution in [0.25, 0.3) is 0 Å². The molecule has 1 aliphatic heterocycles. The quantitative estimate of drug-likeness (QED) is 0.761. The molecular formula is C25H32N2O5. The first-order chi connectivity index (χ1) is 15.1. The first-order valence-corrected chi connectivity index (χ1v) is 10.9. The Morgan fingerprint density at radius 3 is 2.47 bits per heavy atom. The van der Waals surface area contributed by atoms with Crippen LogP contribution in [0, 0.1) is 0 Å². The summed E-state index contributed by atoms with van der Waals surface area (Å²) in [6.07, 6.45) is -0.254. The highest BCUT2D eigenvalue weighted by Crippen LogP contribution is 2.26. The molecule has 2 aromatic rings. The minimum atomic E-state index is -0.557. The lowest BCUT2D eigenvalue weighted by Crippen LogP contribution is -2.56. The Bertz CT molecular complexity index is 939. The molecule has 1 aliphatic rings. The number of hydrogen-bond acceptors (Lipinski definition) is 5. The monoisotopic (exact) mass is 440 g/mol. The number of ether oxygens (including phenoxy) is 2. The fraction of sp³-hybridized carbons (Fsp3) is 0.440. The predicted molar refractivity (Wildman–Crippen MR) is 122 cm³/mol. The van der Waals surface area contributed by atoms with Crippen molar-refractivity contribution >= 4 is 12.0 Å². The highest BCUT2D eigenvalue weighted by molar-refractivity contribution is 5.80. The molecule has 1 N–H and O–H groups in total. The Balaban J connectivity index is 1.63. The van der Waals surface area contributed by atoms with Gasteiger partial charge in [-0.3, -0.25) is 4.79 Å². The normalized spacial score (nSPS) is 16.6. The fourth-order valence-electron chi connectivity index (χ4n) is 3.67. The molecular weight excluding hydrogens is 408 g/mol. The molecule has 0 radical (unpaired) electrons. The van der Waals surface area contributed by atoms with Crippen molar-refractivity contribution < 1.29 is 24.2 Å². The van der Waals surface area contributed by atoms with E-state index in [0.29, 0.717) is 37.6 Å². The average Bonchev–Trinajstić information content (AvgIpc) is 2.72. The van der Waals surface area contributed by atoms with Crippen LogP contribution in [0.15, 0.2) is 48.5 Å². The standard InChI is InChI=1S/C25H32N2O5/c1-18-16-26(24(30)32-25(2,3)4)12-13-27(18)23(29)15-20-14-21(28)10-11-22(20)31-17-19-8-6-5-7-9-19/h5-11,14,18,28H,12-13,15-17H2,1-4H3/t18-/m0/s1. The highest BCUT2D eigenvalue weighted by atomic mass is 16.6. The van der Waals surface area contributed by atoms with Crippen LogP contribution in [0.3, 0.4) is 0 Å². The van der Waals surface area contributed by atoms with Crippen molar-refractivity contribution in [2.24, 2.45) is 0 Å². The number of phenols is 1. The molecule has 0 spiro atoms. The van der Waals surface area contributed by atoms with E-state index in [4.69, 9.17) is 9.47 Å². The van der Waals surface area contributed by atoms with Crippen LogP contribution in [0.5, 0.6) is 11.5 Å². The smallest absolute Gasteiger partial charge is 0.410 e. The van der Waals surface area contributed by atoms with Crippen molar-refractivity contribution in [1.82, 2.24) is 9.80 Å². The van der Waals surface area contributed by atoms with Crippen LogP contribution in [-0.4, -0.2) is 58.2 Å². The third-order valence-electron chi connectivity index (χ3n) is 5.22. The molecule has 3 rings (SSSR count). The van der Waals surface area contributed by atoms with Crippen molar-refractivity contribution in [3.8, 4) is 11.5 Å². The number of carbonyl (C=O) groups is 2. The van der Waals surface area contributed by atoms with Gasteiger partial charge in [0.15, 0.2) is 0 Å². The number of phenolic OH excluding ortho intramolecular Hbond substituents is 1. The number of aromatic hydroxyl groups is 1. The summed E-state index contributed by atoms with van der Waals surface area (Å²) in [7, 11) is 0. The number of amides is 2. The van der Waals surface area contributed by atoms with Gasteiger partial charge in [-0.2, -0.15) is 0 Å². The number of rotatable bonds is 5. The Hall–Kier alpha value is -3.22. The molecule has 2 aromatic carbocycles. The molecule has 0 aromatic heterocycles. The molecule has 7 nitrogen and oxygen atoms in total. The summed E-state index contributed by atoms with van der Waals surface area (Å²) < 4.78 is 11.4. The Morgan fingerprint density at radius 1 is 1.09 bits per heavy atom. The number of piperazine rings is 1. The average molecular weight is 441 g/mol. The molecule has 0 saturated carbocycles. The van der Waals surface area contributed by atoms with E-state index in [2.05, 4.69) is 0 Å². The summed E-state index contributed by atoms with van der Waals surface area (Å²) in [4.78, 5) is 28.8. The molecule has 1 heterocycles. The van der Waals surface area contributed by atoms with Gasteiger partial charge in [-0.1, -0.05) is 30.3 Å². The van der Waals surface area contributed by atoms with Crippen molar-refractivity contribution in [2.75, 3.05) is 19.6 Å². The van der Waals surface area contributed by atoms with E-state index in [9.17, 15) is 14.7 Å². The summed E-state index contributed by atoms with van der Waals surface area (Å²) in [6.45, 7) is 9.06. The zero-order chi connectivity index (χ0) is 23.3. The number of nitrogens with zero attached hydrogens (tertiary/aromatic N) is 2. The summed E-state index contributed by atoms with van der Waals surface area (Å²) in [6, 6.07) is 14.4. The van der Waals surface area contributed by atoms with Gasteiger partial charge in [0, 0.05) is 31.2 Å². The molecule has 2 amide bonds. The third kappa shape index (κ3) is 6.39. The van der Waals surface area contributed by atoms with Gasteiger partial charge in [0.1, 0.15) is 23.7 Å². The summed E-state index contributed by atoms with van der Waals surface area (Å²) in [5, 5.41) is 9.95. The molecule has 7 heteroatoms. The van der Waals surface area contributed by atoms with Gasteiger partial charge in [0.25, 0.3) is 0 Å². The molecule has 32 heavy (non-hydrogen) atoms. The van der Waals surface area contributed by atoms with Gasteiger partial charge in [-0.15, -0.1) is 0 Å². The van der Waals surface area contributed by atoms with E-state index < -0.39 is 5.60 Å². The van der Waals surface area contributed by atoms with Crippen molar-refractivity contribution in [2.45, 2.75) is 52.4 Å². The first kappa shape index (κ1) is 23.4. The maximum absolute atomic E-state index is 13.1. The molecule has 1 atom stereocenters. The van der Waals surface area contributed by atoms with E-state index in [0.717, 1.165) is 5.56 Å². The molecule has 172 valence electrons. The third-order valence-corrected chi connectivity index (χ3v) is 5.22. The zero-order valence-corrected chi connectivity index (χ0v) is 19.2. The van der Waals surface area contributed by atoms with E-state index >= 15 is 0 Å². The van der Waals surface area contributed by atoms with Gasteiger partial charge < -0.3 is 24.4 Å². The number of benzene rings is 2. The Kier molecular flexibility index (Phi) is 7.28. The number of carbonyl (C=O) groups excluding carboxylic acids is 2. The van der Waals surface area contributed by atoms with Gasteiger partial charge in [-0.05, 0) is 51.5 Å². The van der Waals surface area contributed by atoms with E-state index in [1.54, 1.807) is 28.0 Å². The second kappa shape index (κ2) is 9.94. The maximum atomic E-state index is 13.1. The van der Waals surface area contributed by atoms with Crippen LogP contribution in [0.4, 0.5) is 4.79 Å². The second-order valence-corrected chi connectivity index (χ2v) is 9.11. The lowest BCUT2D eigenvalue weighted by Gasteiger charge is -2.40. The van der Waals surface area contributed by atoms with Gasteiger partial charge >= 0.3 is 6.09 Å². The topological polar surface area (TPSA) is 79.3 Å². The molecule has 0 bridgehead atoms. The van der Waals surface area contributed by atoms with Crippen molar-refractivity contribution in [3.05, 3.63) is 59.7 Å². The molecule has 1 saturated heterocycles. The SMILES string of the molecule is C[C@H]1CN(C(=O)OC(C)(C)C)CCN1C(=O)Cc1cc(O)ccc1OCc1ccccc1. The van der Waals surface area contributed by atoms with Gasteiger partial charge in [0.2, 0.25) is 5.91 Å². The minimum absolute atomic E-state index is 0.0727. The van der Waals surface area contributed by atoms with Crippen LogP contribution in [0.2, 0.25) is 0 Å². The molecule has 0 unspecified atom stereocenters. The summed E-state index contributed by atoms with van der Waals surface area (Å²) >= 11 is 0. The van der Waals surface area contributed by atoms with E-state index in [1.807, 2.05) is 58.0 Å². The predicted octanol–water partition coefficient (Wildman–Crippen LogP) is 3.98.